The van der Waals surface area contributed by atoms with Crippen molar-refractivity contribution >= 4 is 5.97 Å². The molecule has 0 saturated carbocycles. The third-order valence-electron chi connectivity index (χ3n) is 4.78. The molecule has 0 bridgehead atoms. The van der Waals surface area contributed by atoms with Crippen LogP contribution in [-0.4, -0.2) is 18.7 Å². The van der Waals surface area contributed by atoms with E-state index in [4.69, 9.17) is 9.47 Å². The predicted octanol–water partition coefficient (Wildman–Crippen LogP) is 3.90. The molecule has 1 aliphatic heterocycles. The molecule has 2 aromatic carbocycles. The van der Waals surface area contributed by atoms with E-state index in [0.717, 1.165) is 11.1 Å². The van der Waals surface area contributed by atoms with Crippen molar-refractivity contribution < 1.29 is 14.3 Å². The van der Waals surface area contributed by atoms with Gasteiger partial charge >= 0.3 is 5.97 Å². The lowest BCUT2D eigenvalue weighted by Crippen LogP contribution is -2.34. The third kappa shape index (κ3) is 2.19. The van der Waals surface area contributed by atoms with Crippen LogP contribution in [0.15, 0.2) is 48.5 Å². The van der Waals surface area contributed by atoms with Gasteiger partial charge in [0.15, 0.2) is 5.60 Å². The van der Waals surface area contributed by atoms with Gasteiger partial charge in [-0.05, 0) is 31.4 Å². The summed E-state index contributed by atoms with van der Waals surface area (Å²) in [7, 11) is 1.41. The van der Waals surface area contributed by atoms with Gasteiger partial charge in [0.1, 0.15) is 0 Å². The minimum Gasteiger partial charge on any atom is -0.467 e. The van der Waals surface area contributed by atoms with Crippen molar-refractivity contribution in [1.29, 1.82) is 0 Å². The summed E-state index contributed by atoms with van der Waals surface area (Å²) in [5.74, 6) is -0.318. The number of carbonyl (C=O) groups excluding carboxylic acids is 1. The zero-order valence-corrected chi connectivity index (χ0v) is 14.1. The molecular formula is C20H22O3. The number of benzene rings is 2. The van der Waals surface area contributed by atoms with Crippen LogP contribution in [-0.2, 0) is 19.9 Å². The number of ether oxygens (including phenoxy) is 2. The quantitative estimate of drug-likeness (QED) is 0.635. The van der Waals surface area contributed by atoms with Crippen LogP contribution < -0.4 is 0 Å². The molecule has 120 valence electrons. The molecule has 0 spiro atoms. The number of methoxy groups -OCH3 is 1. The summed E-state index contributed by atoms with van der Waals surface area (Å²) in [6, 6.07) is 16.3. The van der Waals surface area contributed by atoms with E-state index in [1.807, 2.05) is 69.3 Å². The lowest BCUT2D eigenvalue weighted by molar-refractivity contribution is -0.147. The van der Waals surface area contributed by atoms with E-state index in [2.05, 4.69) is 0 Å². The minimum atomic E-state index is -0.952. The van der Waals surface area contributed by atoms with E-state index in [1.54, 1.807) is 0 Å². The molecule has 1 heterocycles. The first-order chi connectivity index (χ1) is 11.0. The highest BCUT2D eigenvalue weighted by Crippen LogP contribution is 2.62. The number of epoxide rings is 1. The highest BCUT2D eigenvalue weighted by atomic mass is 16.7. The van der Waals surface area contributed by atoms with Crippen LogP contribution in [0.2, 0.25) is 0 Å². The summed E-state index contributed by atoms with van der Waals surface area (Å²) in [6.45, 7) is 6.05. The van der Waals surface area contributed by atoms with Gasteiger partial charge in [0.2, 0.25) is 5.60 Å². The summed E-state index contributed by atoms with van der Waals surface area (Å²) in [5, 5.41) is 0. The first-order valence-corrected chi connectivity index (χ1v) is 7.93. The van der Waals surface area contributed by atoms with Gasteiger partial charge < -0.3 is 9.47 Å². The normalized spacial score (nSPS) is 21.7. The molecule has 3 heteroatoms. The molecule has 0 amide bonds. The van der Waals surface area contributed by atoms with Gasteiger partial charge in [0, 0.05) is 0 Å². The van der Waals surface area contributed by atoms with Crippen LogP contribution in [0.3, 0.4) is 0 Å². The summed E-state index contributed by atoms with van der Waals surface area (Å²) >= 11 is 0. The zero-order chi connectivity index (χ0) is 16.7. The fourth-order valence-corrected chi connectivity index (χ4v) is 3.38. The average Bonchev–Trinajstić information content (AvgIpc) is 3.27. The highest BCUT2D eigenvalue weighted by molar-refractivity contribution is 5.87. The fraction of sp³-hybridized carbons (Fsp3) is 0.350. The molecule has 1 atom stereocenters. The number of hydrogen-bond donors (Lipinski definition) is 0. The van der Waals surface area contributed by atoms with Crippen LogP contribution in [0, 0.1) is 13.8 Å². The maximum Gasteiger partial charge on any atom is 0.342 e. The topological polar surface area (TPSA) is 38.8 Å². The van der Waals surface area contributed by atoms with Crippen molar-refractivity contribution in [3.8, 4) is 0 Å². The molecule has 3 nitrogen and oxygen atoms in total. The summed E-state index contributed by atoms with van der Waals surface area (Å²) in [5.41, 5.74) is 2.60. The Balaban J connectivity index is 2.18. The van der Waals surface area contributed by atoms with Crippen molar-refractivity contribution in [3.05, 3.63) is 70.8 Å². The maximum absolute atomic E-state index is 12.5. The first-order valence-electron chi connectivity index (χ1n) is 7.93. The van der Waals surface area contributed by atoms with Gasteiger partial charge in [-0.15, -0.1) is 0 Å². The Labute approximate surface area is 137 Å². The number of carbonyl (C=O) groups is 1. The Morgan fingerprint density at radius 1 is 0.957 bits per heavy atom. The molecule has 1 fully saturated rings. The third-order valence-corrected chi connectivity index (χ3v) is 4.78. The molecule has 0 radical (unpaired) electrons. The van der Waals surface area contributed by atoms with Crippen LogP contribution in [0.5, 0.6) is 0 Å². The number of esters is 1. The predicted molar refractivity (Wildman–Crippen MR) is 89.3 cm³/mol. The molecule has 0 aliphatic carbocycles. The Bertz CT molecular complexity index is 670. The molecule has 1 saturated heterocycles. The monoisotopic (exact) mass is 310 g/mol. The van der Waals surface area contributed by atoms with Gasteiger partial charge in [0.05, 0.1) is 7.11 Å². The second-order valence-electron chi connectivity index (χ2n) is 6.19. The second kappa shape index (κ2) is 5.50. The van der Waals surface area contributed by atoms with Crippen LogP contribution >= 0.6 is 0 Å². The van der Waals surface area contributed by atoms with Crippen LogP contribution in [0.4, 0.5) is 0 Å². The van der Waals surface area contributed by atoms with E-state index >= 15 is 0 Å². The number of hydrogen-bond acceptors (Lipinski definition) is 3. The largest absolute Gasteiger partial charge is 0.467 e. The van der Waals surface area contributed by atoms with Crippen LogP contribution in [0.1, 0.15) is 35.6 Å². The Kier molecular flexibility index (Phi) is 3.77. The molecule has 0 aromatic heterocycles. The average molecular weight is 310 g/mol. The summed E-state index contributed by atoms with van der Waals surface area (Å²) in [6.07, 6.45) is 0.557. The lowest BCUT2D eigenvalue weighted by atomic mass is 9.79. The zero-order valence-electron chi connectivity index (χ0n) is 14.1. The maximum atomic E-state index is 12.5. The molecule has 1 aliphatic rings. The number of aryl methyl sites for hydroxylation is 2. The van der Waals surface area contributed by atoms with Crippen molar-refractivity contribution in [3.63, 3.8) is 0 Å². The standard InChI is InChI=1S/C20H22O3/c1-5-19(18(21)22-4)20(23-19,16-10-6-14(2)7-11-16)17-12-8-15(3)9-13-17/h6-13H,5H2,1-4H3. The molecule has 1 unspecified atom stereocenters. The van der Waals surface area contributed by atoms with Gasteiger partial charge in [0.25, 0.3) is 0 Å². The highest BCUT2D eigenvalue weighted by Gasteiger charge is 2.76. The van der Waals surface area contributed by atoms with E-state index < -0.39 is 11.2 Å². The van der Waals surface area contributed by atoms with Crippen molar-refractivity contribution in [2.24, 2.45) is 0 Å². The van der Waals surface area contributed by atoms with Gasteiger partial charge in [-0.25, -0.2) is 4.79 Å². The minimum absolute atomic E-state index is 0.318. The molecule has 0 N–H and O–H groups in total. The molecule has 23 heavy (non-hydrogen) atoms. The van der Waals surface area contributed by atoms with Gasteiger partial charge in [-0.3, -0.25) is 0 Å². The summed E-state index contributed by atoms with van der Waals surface area (Å²) < 4.78 is 11.2. The van der Waals surface area contributed by atoms with E-state index in [-0.39, 0.29) is 5.97 Å². The first kappa shape index (κ1) is 15.8. The molecule has 3 rings (SSSR count). The lowest BCUT2D eigenvalue weighted by Gasteiger charge is -2.19. The van der Waals surface area contributed by atoms with Crippen LogP contribution in [0.25, 0.3) is 0 Å². The Hall–Kier alpha value is -2.13. The number of rotatable bonds is 4. The SMILES string of the molecule is CCC1(C(=O)OC)OC1(c1ccc(C)cc1)c1ccc(C)cc1. The van der Waals surface area contributed by atoms with Crippen molar-refractivity contribution in [2.75, 3.05) is 7.11 Å². The molecule has 2 aromatic rings. The van der Waals surface area contributed by atoms with E-state index in [1.165, 1.54) is 18.2 Å². The second-order valence-corrected chi connectivity index (χ2v) is 6.19. The van der Waals surface area contributed by atoms with E-state index in [0.29, 0.717) is 6.42 Å². The fourth-order valence-electron chi connectivity index (χ4n) is 3.38. The van der Waals surface area contributed by atoms with Crippen molar-refractivity contribution in [1.82, 2.24) is 0 Å². The van der Waals surface area contributed by atoms with Crippen molar-refractivity contribution in [2.45, 2.75) is 38.4 Å². The summed E-state index contributed by atoms with van der Waals surface area (Å²) in [4.78, 5) is 12.5. The Morgan fingerprint density at radius 2 is 1.39 bits per heavy atom. The Morgan fingerprint density at radius 3 is 1.74 bits per heavy atom. The molecular weight excluding hydrogens is 288 g/mol. The smallest absolute Gasteiger partial charge is 0.342 e. The van der Waals surface area contributed by atoms with Gasteiger partial charge in [-0.2, -0.15) is 0 Å². The van der Waals surface area contributed by atoms with Gasteiger partial charge in [-0.1, -0.05) is 66.6 Å². The van der Waals surface area contributed by atoms with E-state index in [9.17, 15) is 4.79 Å².